The highest BCUT2D eigenvalue weighted by Gasteiger charge is 2.38. The van der Waals surface area contributed by atoms with Crippen LogP contribution in [0.2, 0.25) is 0 Å². The van der Waals surface area contributed by atoms with Crippen LogP contribution in [-0.4, -0.2) is 38.3 Å². The molecule has 1 aliphatic carbocycles. The summed E-state index contributed by atoms with van der Waals surface area (Å²) in [6.07, 6.45) is 4.36. The molecule has 5 heteroatoms. The molecule has 1 aliphatic heterocycles. The molecule has 3 unspecified atom stereocenters. The van der Waals surface area contributed by atoms with Crippen LogP contribution >= 0.6 is 12.4 Å². The molecule has 0 aromatic rings. The molecule has 1 saturated heterocycles. The van der Waals surface area contributed by atoms with Crippen LogP contribution in [0.5, 0.6) is 0 Å². The van der Waals surface area contributed by atoms with E-state index in [1.807, 2.05) is 6.92 Å². The van der Waals surface area contributed by atoms with Gasteiger partial charge in [0, 0.05) is 19.7 Å². The van der Waals surface area contributed by atoms with E-state index in [1.165, 1.54) is 0 Å². The van der Waals surface area contributed by atoms with Crippen LogP contribution in [0.4, 0.5) is 0 Å². The highest BCUT2D eigenvalue weighted by atomic mass is 35.5. The lowest BCUT2D eigenvalue weighted by Crippen LogP contribution is -2.44. The van der Waals surface area contributed by atoms with Gasteiger partial charge in [0.2, 0.25) is 5.91 Å². The lowest BCUT2D eigenvalue weighted by molar-refractivity contribution is -0.130. The summed E-state index contributed by atoms with van der Waals surface area (Å²) in [6, 6.07) is 0.315. The van der Waals surface area contributed by atoms with E-state index in [2.05, 4.69) is 10.6 Å². The van der Waals surface area contributed by atoms with Crippen LogP contribution in [0.3, 0.4) is 0 Å². The number of nitrogens with one attached hydrogen (secondary N) is 2. The van der Waals surface area contributed by atoms with Gasteiger partial charge in [0.15, 0.2) is 0 Å². The first-order valence-electron chi connectivity index (χ1n) is 6.18. The molecule has 0 aromatic heterocycles. The number of rotatable bonds is 3. The molecule has 0 aromatic carbocycles. The maximum absolute atomic E-state index is 12.1. The summed E-state index contributed by atoms with van der Waals surface area (Å²) in [4.78, 5) is 12.1. The zero-order chi connectivity index (χ0) is 11.6. The van der Waals surface area contributed by atoms with E-state index in [4.69, 9.17) is 4.74 Å². The fourth-order valence-corrected chi connectivity index (χ4v) is 2.66. The Morgan fingerprint density at radius 3 is 2.76 bits per heavy atom. The molecule has 2 rings (SSSR count). The van der Waals surface area contributed by atoms with Crippen molar-refractivity contribution in [3.05, 3.63) is 0 Å². The number of hydrogen-bond donors (Lipinski definition) is 2. The van der Waals surface area contributed by atoms with Crippen molar-refractivity contribution in [2.75, 3.05) is 20.2 Å². The van der Waals surface area contributed by atoms with Gasteiger partial charge in [-0.15, -0.1) is 12.4 Å². The molecular formula is C12H23ClN2O2. The molecule has 1 heterocycles. The van der Waals surface area contributed by atoms with Gasteiger partial charge in [0.05, 0.1) is 11.5 Å². The standard InChI is InChI=1S/C12H22N2O2.ClH/c1-12(5-6-13-8-12)11(15)14-9-3-4-10(7-9)16-2;/h9-10,13H,3-8H2,1-2H3,(H,14,15);1H. The zero-order valence-corrected chi connectivity index (χ0v) is 11.4. The van der Waals surface area contributed by atoms with E-state index in [0.29, 0.717) is 12.1 Å². The number of amides is 1. The van der Waals surface area contributed by atoms with Crippen molar-refractivity contribution < 1.29 is 9.53 Å². The molecule has 0 spiro atoms. The molecular weight excluding hydrogens is 240 g/mol. The molecule has 4 nitrogen and oxygen atoms in total. The first-order chi connectivity index (χ1) is 7.64. The summed E-state index contributed by atoms with van der Waals surface area (Å²) in [7, 11) is 1.75. The quantitative estimate of drug-likeness (QED) is 0.801. The Morgan fingerprint density at radius 2 is 2.24 bits per heavy atom. The van der Waals surface area contributed by atoms with Gasteiger partial charge in [-0.05, 0) is 39.2 Å². The fraction of sp³-hybridized carbons (Fsp3) is 0.917. The first kappa shape index (κ1) is 14.7. The third-order valence-corrected chi connectivity index (χ3v) is 3.97. The SMILES string of the molecule is COC1CCC(NC(=O)C2(C)CCNC2)C1.Cl. The van der Waals surface area contributed by atoms with Gasteiger partial charge >= 0.3 is 0 Å². The number of carbonyl (C=O) groups is 1. The summed E-state index contributed by atoms with van der Waals surface area (Å²) in [6.45, 7) is 3.81. The summed E-state index contributed by atoms with van der Waals surface area (Å²) >= 11 is 0. The minimum absolute atomic E-state index is 0. The average molecular weight is 263 g/mol. The lowest BCUT2D eigenvalue weighted by atomic mass is 9.88. The Bertz CT molecular complexity index is 267. The van der Waals surface area contributed by atoms with Crippen LogP contribution in [0.1, 0.15) is 32.6 Å². The molecule has 1 saturated carbocycles. The molecule has 100 valence electrons. The monoisotopic (exact) mass is 262 g/mol. The minimum Gasteiger partial charge on any atom is -0.381 e. The second-order valence-electron chi connectivity index (χ2n) is 5.33. The fourth-order valence-electron chi connectivity index (χ4n) is 2.66. The van der Waals surface area contributed by atoms with Gasteiger partial charge < -0.3 is 15.4 Å². The summed E-state index contributed by atoms with van der Waals surface area (Å²) in [5.74, 6) is 0.208. The van der Waals surface area contributed by atoms with E-state index in [-0.39, 0.29) is 23.7 Å². The second kappa shape index (κ2) is 6.03. The largest absolute Gasteiger partial charge is 0.381 e. The van der Waals surface area contributed by atoms with Gasteiger partial charge in [-0.25, -0.2) is 0 Å². The molecule has 2 N–H and O–H groups in total. The highest BCUT2D eigenvalue weighted by molar-refractivity contribution is 5.85. The van der Waals surface area contributed by atoms with E-state index in [0.717, 1.165) is 38.8 Å². The van der Waals surface area contributed by atoms with E-state index in [9.17, 15) is 4.79 Å². The van der Waals surface area contributed by atoms with Crippen molar-refractivity contribution >= 4 is 18.3 Å². The van der Waals surface area contributed by atoms with Crippen molar-refractivity contribution in [3.63, 3.8) is 0 Å². The molecule has 3 atom stereocenters. The normalized spacial score (nSPS) is 36.6. The predicted octanol–water partition coefficient (Wildman–Crippen LogP) is 1.09. The summed E-state index contributed by atoms with van der Waals surface area (Å²) in [5.41, 5.74) is -0.203. The topological polar surface area (TPSA) is 50.4 Å². The third-order valence-electron chi connectivity index (χ3n) is 3.97. The highest BCUT2D eigenvalue weighted by Crippen LogP contribution is 2.27. The second-order valence-corrected chi connectivity index (χ2v) is 5.33. The van der Waals surface area contributed by atoms with Crippen LogP contribution < -0.4 is 10.6 Å². The van der Waals surface area contributed by atoms with Crippen LogP contribution in [0, 0.1) is 5.41 Å². The Kier molecular flexibility index (Phi) is 5.22. The maximum atomic E-state index is 12.1. The molecule has 1 amide bonds. The Morgan fingerprint density at radius 1 is 1.47 bits per heavy atom. The minimum atomic E-state index is -0.203. The number of halogens is 1. The Labute approximate surface area is 109 Å². The van der Waals surface area contributed by atoms with Gasteiger partial charge in [0.1, 0.15) is 0 Å². The van der Waals surface area contributed by atoms with Crippen molar-refractivity contribution in [1.29, 1.82) is 0 Å². The Balaban J connectivity index is 0.00000144. The third kappa shape index (κ3) is 3.33. The van der Waals surface area contributed by atoms with Crippen molar-refractivity contribution in [1.82, 2.24) is 10.6 Å². The smallest absolute Gasteiger partial charge is 0.227 e. The molecule has 2 fully saturated rings. The van der Waals surface area contributed by atoms with Crippen molar-refractivity contribution in [3.8, 4) is 0 Å². The van der Waals surface area contributed by atoms with Gasteiger partial charge in [0.25, 0.3) is 0 Å². The van der Waals surface area contributed by atoms with Crippen LogP contribution in [0.15, 0.2) is 0 Å². The summed E-state index contributed by atoms with van der Waals surface area (Å²) < 4.78 is 5.31. The number of methoxy groups -OCH3 is 1. The molecule has 17 heavy (non-hydrogen) atoms. The molecule has 2 aliphatic rings. The van der Waals surface area contributed by atoms with Gasteiger partial charge in [-0.2, -0.15) is 0 Å². The maximum Gasteiger partial charge on any atom is 0.227 e. The van der Waals surface area contributed by atoms with Crippen molar-refractivity contribution in [2.45, 2.75) is 44.8 Å². The molecule has 0 radical (unpaired) electrons. The summed E-state index contributed by atoms with van der Waals surface area (Å²) in [5, 5.41) is 6.42. The zero-order valence-electron chi connectivity index (χ0n) is 10.6. The van der Waals surface area contributed by atoms with Gasteiger partial charge in [-0.1, -0.05) is 0 Å². The predicted molar refractivity (Wildman–Crippen MR) is 69.4 cm³/mol. The Hall–Kier alpha value is -0.320. The lowest BCUT2D eigenvalue weighted by Gasteiger charge is -2.24. The van der Waals surface area contributed by atoms with E-state index >= 15 is 0 Å². The molecule has 0 bridgehead atoms. The van der Waals surface area contributed by atoms with E-state index in [1.54, 1.807) is 7.11 Å². The van der Waals surface area contributed by atoms with Crippen molar-refractivity contribution in [2.24, 2.45) is 5.41 Å². The number of hydrogen-bond acceptors (Lipinski definition) is 3. The number of carbonyl (C=O) groups excluding carboxylic acids is 1. The van der Waals surface area contributed by atoms with Crippen LogP contribution in [0.25, 0.3) is 0 Å². The van der Waals surface area contributed by atoms with Gasteiger partial charge in [-0.3, -0.25) is 4.79 Å². The van der Waals surface area contributed by atoms with Crippen LogP contribution in [-0.2, 0) is 9.53 Å². The first-order valence-corrected chi connectivity index (χ1v) is 6.18. The number of ether oxygens (including phenoxy) is 1. The van der Waals surface area contributed by atoms with E-state index < -0.39 is 0 Å². The average Bonchev–Trinajstić information content (AvgIpc) is 2.88.